The Balaban J connectivity index is 2.80. The Bertz CT molecular complexity index is 81.8. The van der Waals surface area contributed by atoms with Gasteiger partial charge in [0.2, 0.25) is 0 Å². The first-order valence-corrected chi connectivity index (χ1v) is 5.83. The first-order valence-electron chi connectivity index (χ1n) is 1.81. The van der Waals surface area contributed by atoms with E-state index in [0.717, 1.165) is 0 Å². The van der Waals surface area contributed by atoms with E-state index in [4.69, 9.17) is 0 Å². The molecule has 0 radical (unpaired) electrons. The van der Waals surface area contributed by atoms with Crippen LogP contribution in [0.1, 0.15) is 0 Å². The van der Waals surface area contributed by atoms with Gasteiger partial charge in [-0.05, 0) is 0 Å². The van der Waals surface area contributed by atoms with Gasteiger partial charge in [0.25, 0.3) is 0 Å². The fourth-order valence-electron chi connectivity index (χ4n) is 0.239. The summed E-state index contributed by atoms with van der Waals surface area (Å²) in [5.41, 5.74) is 0. The molecule has 0 unspecified atom stereocenters. The Hall–Kier alpha value is 0.193. The number of hydrogen-bond acceptors (Lipinski definition) is 0. The second-order valence-corrected chi connectivity index (χ2v) is 6.65. The molecule has 0 aromatic rings. The van der Waals surface area contributed by atoms with Crippen molar-refractivity contribution in [2.75, 3.05) is 0 Å². The van der Waals surface area contributed by atoms with Gasteiger partial charge in [-0.1, -0.05) is 0 Å². The van der Waals surface area contributed by atoms with Crippen LogP contribution in [-0.2, 0) is 0 Å². The van der Waals surface area contributed by atoms with E-state index in [9.17, 15) is 0 Å². The third-order valence-electron chi connectivity index (χ3n) is 0.750. The van der Waals surface area contributed by atoms with Gasteiger partial charge in [0.1, 0.15) is 0 Å². The summed E-state index contributed by atoms with van der Waals surface area (Å²) >= 11 is -0.468. The van der Waals surface area contributed by atoms with Crippen LogP contribution in [0.3, 0.4) is 0 Å². The van der Waals surface area contributed by atoms with Crippen LogP contribution in [0.25, 0.3) is 0 Å². The first kappa shape index (κ1) is 3.39. The SMILES string of the molecule is C=[C]=[Ge]1[CH2][CH2]1. The Kier molecular flexibility index (Phi) is 0.755. The molecule has 0 aromatic carbocycles. The normalized spacial score (nSPS) is 18.0. The zero-order chi connectivity index (χ0) is 3.70. The summed E-state index contributed by atoms with van der Waals surface area (Å²) in [6.07, 6.45) is 0. The molecule has 0 nitrogen and oxygen atoms in total. The Morgan fingerprint density at radius 2 is 2.20 bits per heavy atom. The van der Waals surface area contributed by atoms with Crippen molar-refractivity contribution in [1.29, 1.82) is 0 Å². The molecule has 1 fully saturated rings. The van der Waals surface area contributed by atoms with E-state index in [0.29, 0.717) is 0 Å². The van der Waals surface area contributed by atoms with Crippen molar-refractivity contribution in [2.45, 2.75) is 10.5 Å². The van der Waals surface area contributed by atoms with Gasteiger partial charge >= 0.3 is 35.5 Å². The summed E-state index contributed by atoms with van der Waals surface area (Å²) in [6.45, 7) is 3.57. The van der Waals surface area contributed by atoms with Crippen molar-refractivity contribution in [3.05, 3.63) is 6.58 Å². The van der Waals surface area contributed by atoms with Crippen molar-refractivity contribution in [2.24, 2.45) is 0 Å². The van der Waals surface area contributed by atoms with Crippen LogP contribution in [0, 0.1) is 0 Å². The molecule has 0 atom stereocenters. The van der Waals surface area contributed by atoms with Crippen molar-refractivity contribution >= 4 is 18.4 Å². The molecule has 0 N–H and O–H groups in total. The molecule has 0 spiro atoms. The average molecular weight is 127 g/mol. The molecule has 0 aliphatic carbocycles. The first-order chi connectivity index (χ1) is 2.43. The topological polar surface area (TPSA) is 0 Å². The van der Waals surface area contributed by atoms with E-state index >= 15 is 0 Å². The third-order valence-corrected chi connectivity index (χ3v) is 3.90. The van der Waals surface area contributed by atoms with Crippen LogP contribution in [0.4, 0.5) is 0 Å². The summed E-state index contributed by atoms with van der Waals surface area (Å²) in [6, 6.07) is 0. The molecular formula is C4H6Ge. The molecule has 5 heavy (non-hydrogen) atoms. The number of rotatable bonds is 0. The summed E-state index contributed by atoms with van der Waals surface area (Å²) in [5, 5.41) is 3.01. The van der Waals surface area contributed by atoms with E-state index in [2.05, 4.69) is 11.1 Å². The van der Waals surface area contributed by atoms with E-state index in [1.54, 1.807) is 0 Å². The fourth-order valence-corrected chi connectivity index (χ4v) is 2.61. The van der Waals surface area contributed by atoms with Crippen LogP contribution in [0.5, 0.6) is 0 Å². The van der Waals surface area contributed by atoms with Crippen LogP contribution < -0.4 is 0 Å². The van der Waals surface area contributed by atoms with Gasteiger partial charge in [-0.25, -0.2) is 0 Å². The van der Waals surface area contributed by atoms with E-state index in [1.807, 2.05) is 0 Å². The minimum absolute atomic E-state index is 0.468. The zero-order valence-electron chi connectivity index (χ0n) is 3.12. The zero-order valence-corrected chi connectivity index (χ0v) is 5.22. The second-order valence-electron chi connectivity index (χ2n) is 1.28. The molecule has 1 heteroatoms. The molecular weight excluding hydrogens is 121 g/mol. The molecule has 0 saturated carbocycles. The standard InChI is InChI=1S/C4H6Ge/c1-2-5-3-4-5/h1,3-4H2. The molecule has 0 bridgehead atoms. The monoisotopic (exact) mass is 128 g/mol. The Morgan fingerprint density at radius 3 is 2.20 bits per heavy atom. The van der Waals surface area contributed by atoms with Gasteiger partial charge in [-0.2, -0.15) is 0 Å². The summed E-state index contributed by atoms with van der Waals surface area (Å²) in [5.74, 6) is 0. The van der Waals surface area contributed by atoms with E-state index in [1.165, 1.54) is 10.5 Å². The molecule has 1 heterocycles. The average Bonchev–Trinajstić information content (AvgIpc) is 2.12. The van der Waals surface area contributed by atoms with Gasteiger partial charge in [0.15, 0.2) is 0 Å². The van der Waals surface area contributed by atoms with Crippen molar-refractivity contribution < 1.29 is 0 Å². The van der Waals surface area contributed by atoms with Crippen molar-refractivity contribution in [1.82, 2.24) is 0 Å². The van der Waals surface area contributed by atoms with Gasteiger partial charge in [-0.15, -0.1) is 0 Å². The van der Waals surface area contributed by atoms with Gasteiger partial charge in [0.05, 0.1) is 0 Å². The second kappa shape index (κ2) is 1.11. The molecule has 26 valence electrons. The number of hydrogen-bond donors (Lipinski definition) is 0. The molecule has 0 aromatic heterocycles. The predicted octanol–water partition coefficient (Wildman–Crippen LogP) is 0.664. The maximum atomic E-state index is 3.57. The molecule has 0 amide bonds. The minimum atomic E-state index is -0.468. The summed E-state index contributed by atoms with van der Waals surface area (Å²) < 4.78 is 3.06. The van der Waals surface area contributed by atoms with Gasteiger partial charge < -0.3 is 0 Å². The van der Waals surface area contributed by atoms with Crippen LogP contribution in [-0.4, -0.2) is 18.4 Å². The van der Waals surface area contributed by atoms with Crippen molar-refractivity contribution in [3.63, 3.8) is 0 Å². The molecule has 1 rings (SSSR count). The predicted molar refractivity (Wildman–Crippen MR) is 26.0 cm³/mol. The maximum absolute atomic E-state index is 3.57. The summed E-state index contributed by atoms with van der Waals surface area (Å²) in [4.78, 5) is 0. The van der Waals surface area contributed by atoms with E-state index in [-0.39, 0.29) is 0 Å². The molecule has 1 aliphatic rings. The van der Waals surface area contributed by atoms with Crippen molar-refractivity contribution in [3.8, 4) is 0 Å². The fraction of sp³-hybridized carbons (Fsp3) is 0.500. The Morgan fingerprint density at radius 1 is 1.60 bits per heavy atom. The van der Waals surface area contributed by atoms with Crippen LogP contribution in [0.2, 0.25) is 10.5 Å². The molecule has 1 saturated heterocycles. The van der Waals surface area contributed by atoms with Crippen LogP contribution in [0.15, 0.2) is 6.58 Å². The van der Waals surface area contributed by atoms with Crippen LogP contribution >= 0.6 is 0 Å². The molecule has 1 aliphatic heterocycles. The van der Waals surface area contributed by atoms with Gasteiger partial charge in [-0.3, -0.25) is 0 Å². The Labute approximate surface area is 36.1 Å². The quantitative estimate of drug-likeness (QED) is 0.419. The summed E-state index contributed by atoms with van der Waals surface area (Å²) in [7, 11) is 0. The van der Waals surface area contributed by atoms with E-state index < -0.39 is 13.9 Å². The third kappa shape index (κ3) is 0.748. The van der Waals surface area contributed by atoms with Gasteiger partial charge in [0, 0.05) is 0 Å².